The summed E-state index contributed by atoms with van der Waals surface area (Å²) >= 11 is 6.12. The van der Waals surface area contributed by atoms with Gasteiger partial charge in [0.15, 0.2) is 0 Å². The van der Waals surface area contributed by atoms with Crippen LogP contribution in [0.5, 0.6) is 0 Å². The smallest absolute Gasteiger partial charge is 0.126 e. The average molecular weight is 251 g/mol. The number of fused-ring (bicyclic) bond motifs is 1. The molecule has 2 atom stereocenters. The summed E-state index contributed by atoms with van der Waals surface area (Å²) in [6, 6.07) is 4.36. The van der Waals surface area contributed by atoms with Crippen LogP contribution in [-0.4, -0.2) is 16.9 Å². The lowest BCUT2D eigenvalue weighted by Crippen LogP contribution is -2.13. The summed E-state index contributed by atoms with van der Waals surface area (Å²) in [7, 11) is 0. The molecule has 2 nitrogen and oxygen atoms in total. The van der Waals surface area contributed by atoms with Gasteiger partial charge in [-0.2, -0.15) is 0 Å². The topological polar surface area (TPSA) is 24.9 Å². The van der Waals surface area contributed by atoms with Crippen LogP contribution in [0.2, 0.25) is 0 Å². The zero-order chi connectivity index (χ0) is 11.7. The fourth-order valence-electron chi connectivity index (χ4n) is 2.97. The third-order valence-corrected chi connectivity index (χ3v) is 4.37. The Hall–Kier alpha value is -0.760. The largest absolute Gasteiger partial charge is 0.370 e. The Morgan fingerprint density at radius 1 is 1.29 bits per heavy atom. The van der Waals surface area contributed by atoms with Crippen molar-refractivity contribution in [3.8, 4) is 0 Å². The molecule has 1 heterocycles. The predicted molar refractivity (Wildman–Crippen MR) is 71.7 cm³/mol. The molecule has 3 rings (SSSR count). The maximum absolute atomic E-state index is 6.12. The second-order valence-corrected chi connectivity index (χ2v) is 5.93. The molecule has 1 aromatic rings. The maximum Gasteiger partial charge on any atom is 0.126 e. The quantitative estimate of drug-likeness (QED) is 0.832. The zero-order valence-corrected chi connectivity index (χ0v) is 10.8. The zero-order valence-electron chi connectivity index (χ0n) is 10.1. The van der Waals surface area contributed by atoms with Gasteiger partial charge in [-0.25, -0.2) is 4.98 Å². The van der Waals surface area contributed by atoms with Crippen LogP contribution in [0, 0.1) is 5.92 Å². The van der Waals surface area contributed by atoms with Crippen molar-refractivity contribution in [2.75, 3.05) is 11.9 Å². The summed E-state index contributed by atoms with van der Waals surface area (Å²) < 4.78 is 0. The summed E-state index contributed by atoms with van der Waals surface area (Å²) in [6.07, 6.45) is 7.21. The molecule has 0 aromatic carbocycles. The summed E-state index contributed by atoms with van der Waals surface area (Å²) in [5.41, 5.74) is 2.74. The lowest BCUT2D eigenvalue weighted by molar-refractivity contribution is 0.579. The van der Waals surface area contributed by atoms with E-state index in [-0.39, 0.29) is 0 Å². The van der Waals surface area contributed by atoms with Crippen LogP contribution in [0.1, 0.15) is 36.9 Å². The van der Waals surface area contributed by atoms with Crippen LogP contribution in [0.3, 0.4) is 0 Å². The first-order valence-electron chi connectivity index (χ1n) is 6.68. The molecule has 92 valence electrons. The highest BCUT2D eigenvalue weighted by Gasteiger charge is 2.22. The number of aryl methyl sites for hydroxylation is 2. The third-order valence-electron chi connectivity index (χ3n) is 3.98. The standard InChI is InChI=1S/C14H19ClN2/c15-12-6-4-10(8-12)9-16-14-7-5-11-2-1-3-13(11)17-14/h5,7,10,12H,1-4,6,8-9H2,(H,16,17). The summed E-state index contributed by atoms with van der Waals surface area (Å²) in [4.78, 5) is 4.69. The number of anilines is 1. The molecule has 0 saturated heterocycles. The lowest BCUT2D eigenvalue weighted by Gasteiger charge is -2.12. The van der Waals surface area contributed by atoms with Crippen molar-refractivity contribution in [1.29, 1.82) is 0 Å². The van der Waals surface area contributed by atoms with Gasteiger partial charge in [0.2, 0.25) is 0 Å². The Morgan fingerprint density at radius 2 is 2.24 bits per heavy atom. The van der Waals surface area contributed by atoms with Gasteiger partial charge in [-0.1, -0.05) is 6.07 Å². The van der Waals surface area contributed by atoms with Crippen molar-refractivity contribution in [2.45, 2.75) is 43.9 Å². The highest BCUT2D eigenvalue weighted by molar-refractivity contribution is 6.20. The number of hydrogen-bond acceptors (Lipinski definition) is 2. The van der Waals surface area contributed by atoms with E-state index in [2.05, 4.69) is 22.4 Å². The molecule has 2 aliphatic carbocycles. The van der Waals surface area contributed by atoms with Crippen molar-refractivity contribution in [3.63, 3.8) is 0 Å². The number of halogens is 1. The first-order chi connectivity index (χ1) is 8.31. The Labute approximate surface area is 108 Å². The van der Waals surface area contributed by atoms with Crippen LogP contribution >= 0.6 is 11.6 Å². The molecule has 17 heavy (non-hydrogen) atoms. The second kappa shape index (κ2) is 4.85. The van der Waals surface area contributed by atoms with Crippen LogP contribution in [-0.2, 0) is 12.8 Å². The normalized spacial score (nSPS) is 27.1. The summed E-state index contributed by atoms with van der Waals surface area (Å²) in [5.74, 6) is 1.77. The molecule has 1 aromatic heterocycles. The SMILES string of the molecule is ClC1CCC(CNc2ccc3c(n2)CCC3)C1. The molecule has 1 fully saturated rings. The minimum absolute atomic E-state index is 0.398. The van der Waals surface area contributed by atoms with Gasteiger partial charge in [0, 0.05) is 17.6 Å². The summed E-state index contributed by atoms with van der Waals surface area (Å²) in [5, 5.41) is 3.87. The number of aromatic nitrogens is 1. The van der Waals surface area contributed by atoms with E-state index in [1.807, 2.05) is 0 Å². The molecule has 1 N–H and O–H groups in total. The van der Waals surface area contributed by atoms with E-state index >= 15 is 0 Å². The Balaban J connectivity index is 1.58. The van der Waals surface area contributed by atoms with Gasteiger partial charge >= 0.3 is 0 Å². The molecule has 0 radical (unpaired) electrons. The van der Waals surface area contributed by atoms with Gasteiger partial charge in [0.25, 0.3) is 0 Å². The van der Waals surface area contributed by atoms with Crippen molar-refractivity contribution in [3.05, 3.63) is 23.4 Å². The number of rotatable bonds is 3. The Kier molecular flexibility index (Phi) is 3.24. The molecule has 0 bridgehead atoms. The molecule has 2 unspecified atom stereocenters. The van der Waals surface area contributed by atoms with Crippen molar-refractivity contribution in [1.82, 2.24) is 4.98 Å². The van der Waals surface area contributed by atoms with E-state index in [0.717, 1.165) is 31.1 Å². The van der Waals surface area contributed by atoms with Crippen molar-refractivity contribution in [2.24, 2.45) is 5.92 Å². The predicted octanol–water partition coefficient (Wildman–Crippen LogP) is 3.39. The molecule has 1 saturated carbocycles. The highest BCUT2D eigenvalue weighted by Crippen LogP contribution is 2.29. The van der Waals surface area contributed by atoms with E-state index in [9.17, 15) is 0 Å². The van der Waals surface area contributed by atoms with Gasteiger partial charge in [-0.05, 0) is 56.1 Å². The Morgan fingerprint density at radius 3 is 3.06 bits per heavy atom. The van der Waals surface area contributed by atoms with Crippen molar-refractivity contribution >= 4 is 17.4 Å². The molecule has 0 amide bonds. The number of pyridine rings is 1. The minimum atomic E-state index is 0.398. The maximum atomic E-state index is 6.12. The summed E-state index contributed by atoms with van der Waals surface area (Å²) in [6.45, 7) is 1.02. The number of hydrogen-bond donors (Lipinski definition) is 1. The molecular weight excluding hydrogens is 232 g/mol. The van der Waals surface area contributed by atoms with Gasteiger partial charge in [-0.3, -0.25) is 0 Å². The van der Waals surface area contributed by atoms with Gasteiger partial charge in [0.05, 0.1) is 0 Å². The number of nitrogens with zero attached hydrogens (tertiary/aromatic N) is 1. The first-order valence-corrected chi connectivity index (χ1v) is 7.11. The molecule has 3 heteroatoms. The second-order valence-electron chi connectivity index (χ2n) is 5.31. The van der Waals surface area contributed by atoms with Gasteiger partial charge < -0.3 is 5.32 Å². The monoisotopic (exact) mass is 250 g/mol. The van der Waals surface area contributed by atoms with Crippen molar-refractivity contribution < 1.29 is 0 Å². The number of nitrogens with one attached hydrogen (secondary N) is 1. The van der Waals surface area contributed by atoms with Crippen LogP contribution in [0.4, 0.5) is 5.82 Å². The molecule has 2 aliphatic rings. The van der Waals surface area contributed by atoms with Gasteiger partial charge in [-0.15, -0.1) is 11.6 Å². The van der Waals surface area contributed by atoms with E-state index < -0.39 is 0 Å². The van der Waals surface area contributed by atoms with E-state index in [4.69, 9.17) is 11.6 Å². The first kappa shape index (κ1) is 11.3. The van der Waals surface area contributed by atoms with E-state index in [1.54, 1.807) is 0 Å². The third kappa shape index (κ3) is 2.57. The van der Waals surface area contributed by atoms with Crippen LogP contribution in [0.15, 0.2) is 12.1 Å². The molecule has 0 aliphatic heterocycles. The number of alkyl halides is 1. The lowest BCUT2D eigenvalue weighted by atomic mass is 10.1. The van der Waals surface area contributed by atoms with Gasteiger partial charge in [0.1, 0.15) is 5.82 Å². The Bertz CT molecular complexity index is 405. The highest BCUT2D eigenvalue weighted by atomic mass is 35.5. The average Bonchev–Trinajstić information content (AvgIpc) is 2.94. The fraction of sp³-hybridized carbons (Fsp3) is 0.643. The minimum Gasteiger partial charge on any atom is -0.370 e. The van der Waals surface area contributed by atoms with Crippen LogP contribution < -0.4 is 5.32 Å². The fourth-order valence-corrected chi connectivity index (χ4v) is 3.35. The molecule has 0 spiro atoms. The molecular formula is C14H19ClN2. The van der Waals surface area contributed by atoms with E-state index in [1.165, 1.54) is 36.9 Å². The van der Waals surface area contributed by atoms with Crippen LogP contribution in [0.25, 0.3) is 0 Å². The van der Waals surface area contributed by atoms with E-state index in [0.29, 0.717) is 5.38 Å².